The first-order valence-corrected chi connectivity index (χ1v) is 11.9. The fourth-order valence-corrected chi connectivity index (χ4v) is 4.20. The van der Waals surface area contributed by atoms with E-state index in [1.165, 1.54) is 18.2 Å². The van der Waals surface area contributed by atoms with E-state index >= 15 is 0 Å². The lowest BCUT2D eigenvalue weighted by molar-refractivity contribution is 0.102. The Bertz CT molecular complexity index is 1400. The molecule has 0 aliphatic carbocycles. The molecule has 0 spiro atoms. The van der Waals surface area contributed by atoms with Gasteiger partial charge in [0.15, 0.2) is 0 Å². The fourth-order valence-electron chi connectivity index (χ4n) is 3.14. The van der Waals surface area contributed by atoms with Crippen LogP contribution in [0.15, 0.2) is 96.2 Å². The highest BCUT2D eigenvalue weighted by molar-refractivity contribution is 7.89. The third kappa shape index (κ3) is 5.83. The van der Waals surface area contributed by atoms with Crippen molar-refractivity contribution in [1.29, 1.82) is 0 Å². The second-order valence-corrected chi connectivity index (χ2v) is 9.17. The molecule has 3 aromatic carbocycles. The van der Waals surface area contributed by atoms with E-state index < -0.39 is 15.9 Å². The van der Waals surface area contributed by atoms with Crippen LogP contribution in [0.1, 0.15) is 21.5 Å². The Morgan fingerprint density at radius 1 is 0.912 bits per heavy atom. The average molecular weight is 475 g/mol. The molecule has 0 aliphatic rings. The topological polar surface area (TPSA) is 110 Å². The molecular formula is C25H22N4O4S. The lowest BCUT2D eigenvalue weighted by Crippen LogP contribution is -2.23. The van der Waals surface area contributed by atoms with Crippen LogP contribution in [0.5, 0.6) is 11.8 Å². The van der Waals surface area contributed by atoms with E-state index in [1.807, 2.05) is 37.3 Å². The van der Waals surface area contributed by atoms with Crippen LogP contribution in [-0.4, -0.2) is 24.3 Å². The summed E-state index contributed by atoms with van der Waals surface area (Å²) in [7, 11) is -3.79. The molecule has 0 saturated carbocycles. The van der Waals surface area contributed by atoms with Crippen molar-refractivity contribution >= 4 is 21.6 Å². The summed E-state index contributed by atoms with van der Waals surface area (Å²) in [6.45, 7) is 1.98. The number of aryl methyl sites for hydroxylation is 1. The van der Waals surface area contributed by atoms with Crippen LogP contribution >= 0.6 is 0 Å². The largest absolute Gasteiger partial charge is 0.424 e. The molecule has 4 aromatic rings. The lowest BCUT2D eigenvalue weighted by Gasteiger charge is -2.12. The van der Waals surface area contributed by atoms with Crippen molar-refractivity contribution in [3.05, 3.63) is 108 Å². The Kier molecular flexibility index (Phi) is 6.95. The predicted molar refractivity (Wildman–Crippen MR) is 128 cm³/mol. The molecule has 8 nitrogen and oxygen atoms in total. The van der Waals surface area contributed by atoms with E-state index in [4.69, 9.17) is 4.74 Å². The number of nitrogens with one attached hydrogen (secondary N) is 2. The molecule has 1 aromatic heterocycles. The lowest BCUT2D eigenvalue weighted by atomic mass is 10.1. The Morgan fingerprint density at radius 3 is 2.41 bits per heavy atom. The monoisotopic (exact) mass is 474 g/mol. The van der Waals surface area contributed by atoms with E-state index in [2.05, 4.69) is 20.0 Å². The summed E-state index contributed by atoms with van der Waals surface area (Å²) in [5.74, 6) is 0.0996. The highest BCUT2D eigenvalue weighted by atomic mass is 32.2. The van der Waals surface area contributed by atoms with Crippen LogP contribution < -0.4 is 14.8 Å². The summed E-state index contributed by atoms with van der Waals surface area (Å²) in [4.78, 5) is 20.9. The number of ether oxygens (including phenoxy) is 1. The maximum absolute atomic E-state index is 12.8. The third-order valence-corrected chi connectivity index (χ3v) is 6.31. The van der Waals surface area contributed by atoms with Gasteiger partial charge in [-0.15, -0.1) is 0 Å². The quantitative estimate of drug-likeness (QED) is 0.394. The van der Waals surface area contributed by atoms with E-state index in [9.17, 15) is 13.2 Å². The molecule has 0 saturated heterocycles. The van der Waals surface area contributed by atoms with Crippen LogP contribution in [0.4, 0.5) is 5.69 Å². The summed E-state index contributed by atoms with van der Waals surface area (Å²) in [5, 5.41) is 2.81. The zero-order valence-electron chi connectivity index (χ0n) is 18.3. The molecule has 0 radical (unpaired) electrons. The first-order valence-electron chi connectivity index (χ1n) is 10.4. The number of anilines is 1. The second-order valence-electron chi connectivity index (χ2n) is 7.40. The van der Waals surface area contributed by atoms with Gasteiger partial charge in [-0.25, -0.2) is 23.1 Å². The van der Waals surface area contributed by atoms with Gasteiger partial charge in [-0.2, -0.15) is 0 Å². The molecule has 2 N–H and O–H groups in total. The van der Waals surface area contributed by atoms with Crippen LogP contribution in [-0.2, 0) is 16.6 Å². The van der Waals surface area contributed by atoms with Crippen molar-refractivity contribution in [3.63, 3.8) is 0 Å². The van der Waals surface area contributed by atoms with Crippen molar-refractivity contribution in [2.45, 2.75) is 18.4 Å². The van der Waals surface area contributed by atoms with Crippen LogP contribution in [0.25, 0.3) is 0 Å². The van der Waals surface area contributed by atoms with Crippen LogP contribution in [0.2, 0.25) is 0 Å². The number of rotatable bonds is 8. The molecule has 4 rings (SSSR count). The zero-order valence-corrected chi connectivity index (χ0v) is 19.1. The summed E-state index contributed by atoms with van der Waals surface area (Å²) >= 11 is 0. The fraction of sp³-hybridized carbons (Fsp3) is 0.0800. The van der Waals surface area contributed by atoms with Crippen molar-refractivity contribution in [1.82, 2.24) is 14.7 Å². The maximum atomic E-state index is 12.8. The van der Waals surface area contributed by atoms with E-state index in [0.717, 1.165) is 11.1 Å². The van der Waals surface area contributed by atoms with Gasteiger partial charge in [0.1, 0.15) is 5.75 Å². The molecule has 172 valence electrons. The Morgan fingerprint density at radius 2 is 1.68 bits per heavy atom. The Labute approximate surface area is 197 Å². The number of carbonyl (C=O) groups is 1. The van der Waals surface area contributed by atoms with E-state index in [0.29, 0.717) is 11.4 Å². The molecule has 0 bridgehead atoms. The van der Waals surface area contributed by atoms with Crippen molar-refractivity contribution in [3.8, 4) is 11.8 Å². The number of nitrogens with zero attached hydrogens (tertiary/aromatic N) is 2. The normalized spacial score (nSPS) is 11.1. The molecule has 1 amide bonds. The zero-order chi connectivity index (χ0) is 24.0. The van der Waals surface area contributed by atoms with Gasteiger partial charge in [-0.05, 0) is 60.5 Å². The number of amides is 1. The van der Waals surface area contributed by atoms with Gasteiger partial charge < -0.3 is 10.1 Å². The van der Waals surface area contributed by atoms with Crippen LogP contribution in [0.3, 0.4) is 0 Å². The Hall–Kier alpha value is -4.08. The molecule has 0 unspecified atom stereocenters. The number of aromatic nitrogens is 2. The number of benzene rings is 3. The highest BCUT2D eigenvalue weighted by Crippen LogP contribution is 2.25. The summed E-state index contributed by atoms with van der Waals surface area (Å²) in [6, 6.07) is 22.1. The molecule has 1 heterocycles. The van der Waals surface area contributed by atoms with E-state index in [1.54, 1.807) is 42.7 Å². The Balaban J connectivity index is 1.45. The van der Waals surface area contributed by atoms with Crippen LogP contribution in [0, 0.1) is 6.92 Å². The summed E-state index contributed by atoms with van der Waals surface area (Å²) in [5.41, 5.74) is 2.39. The minimum atomic E-state index is -3.79. The highest BCUT2D eigenvalue weighted by Gasteiger charge is 2.17. The minimum absolute atomic E-state index is 0.0133. The van der Waals surface area contributed by atoms with Crippen molar-refractivity contribution < 1.29 is 17.9 Å². The smallest absolute Gasteiger partial charge is 0.321 e. The first kappa shape index (κ1) is 23.1. The minimum Gasteiger partial charge on any atom is -0.424 e. The average Bonchev–Trinajstić information content (AvgIpc) is 2.86. The summed E-state index contributed by atoms with van der Waals surface area (Å²) < 4.78 is 33.6. The SMILES string of the molecule is Cc1cc(Oc2ncccn2)ccc1NC(=O)c1cccc(S(=O)(=O)NCc2ccccc2)c1. The standard InChI is InChI=1S/C25H22N4O4S/c1-18-15-21(33-25-26-13-6-14-27-25)11-12-23(18)29-24(30)20-9-5-10-22(16-20)34(31,32)28-17-19-7-3-2-4-8-19/h2-16,28H,17H2,1H3,(H,29,30). The number of sulfonamides is 1. The van der Waals surface area contributed by atoms with Gasteiger partial charge in [0, 0.05) is 30.2 Å². The molecular weight excluding hydrogens is 452 g/mol. The molecule has 34 heavy (non-hydrogen) atoms. The van der Waals surface area contributed by atoms with Gasteiger partial charge in [-0.3, -0.25) is 4.79 Å². The van der Waals surface area contributed by atoms with E-state index in [-0.39, 0.29) is 23.0 Å². The molecule has 0 atom stereocenters. The maximum Gasteiger partial charge on any atom is 0.321 e. The molecule has 0 fully saturated rings. The number of hydrogen-bond donors (Lipinski definition) is 2. The van der Waals surface area contributed by atoms with Crippen molar-refractivity contribution in [2.24, 2.45) is 0 Å². The predicted octanol–water partition coefficient (Wildman–Crippen LogP) is 4.31. The second kappa shape index (κ2) is 10.2. The van der Waals surface area contributed by atoms with Gasteiger partial charge in [0.25, 0.3) is 5.91 Å². The molecule has 9 heteroatoms. The summed E-state index contributed by atoms with van der Waals surface area (Å²) in [6.07, 6.45) is 3.16. The number of carbonyl (C=O) groups excluding carboxylic acids is 1. The van der Waals surface area contributed by atoms with Gasteiger partial charge in [-0.1, -0.05) is 36.4 Å². The number of hydrogen-bond acceptors (Lipinski definition) is 6. The first-order chi connectivity index (χ1) is 16.4. The van der Waals surface area contributed by atoms with Gasteiger partial charge in [0.05, 0.1) is 4.90 Å². The van der Waals surface area contributed by atoms with Gasteiger partial charge >= 0.3 is 6.01 Å². The van der Waals surface area contributed by atoms with Crippen molar-refractivity contribution in [2.75, 3.05) is 5.32 Å². The molecule has 0 aliphatic heterocycles. The third-order valence-electron chi connectivity index (χ3n) is 4.91. The van der Waals surface area contributed by atoms with Gasteiger partial charge in [0.2, 0.25) is 10.0 Å².